The summed E-state index contributed by atoms with van der Waals surface area (Å²) in [6, 6.07) is 0. The summed E-state index contributed by atoms with van der Waals surface area (Å²) >= 11 is 0. The van der Waals surface area contributed by atoms with Crippen molar-refractivity contribution in [3.8, 4) is 0 Å². The minimum absolute atomic E-state index is 0.0661. The molecule has 0 bridgehead atoms. The van der Waals surface area contributed by atoms with Gasteiger partial charge in [-0.05, 0) is 57.8 Å². The van der Waals surface area contributed by atoms with Gasteiger partial charge in [0.05, 0.1) is 0 Å². The lowest BCUT2D eigenvalue weighted by Crippen LogP contribution is -2.30. The highest BCUT2D eigenvalue weighted by atomic mass is 16.6. The molecule has 0 aromatic carbocycles. The van der Waals surface area contributed by atoms with Crippen molar-refractivity contribution < 1.29 is 28.6 Å². The highest BCUT2D eigenvalue weighted by Crippen LogP contribution is 2.19. The second-order valence-corrected chi connectivity index (χ2v) is 25.2. The molecular formula is C76H142O6. The number of rotatable bonds is 69. The Morgan fingerprint density at radius 1 is 0.244 bits per heavy atom. The van der Waals surface area contributed by atoms with Gasteiger partial charge in [0.15, 0.2) is 6.10 Å². The smallest absolute Gasteiger partial charge is 0.306 e. The highest BCUT2D eigenvalue weighted by molar-refractivity contribution is 5.71. The van der Waals surface area contributed by atoms with Crippen LogP contribution >= 0.6 is 0 Å². The molecule has 0 saturated heterocycles. The molecule has 1 atom stereocenters. The molecule has 6 heteroatoms. The molecule has 82 heavy (non-hydrogen) atoms. The molecular weight excluding hydrogens is 1010 g/mol. The lowest BCUT2D eigenvalue weighted by Gasteiger charge is -2.18. The quantitative estimate of drug-likeness (QED) is 0.0261. The van der Waals surface area contributed by atoms with Crippen LogP contribution < -0.4 is 0 Å². The predicted octanol–water partition coefficient (Wildman–Crippen LogP) is 25.5. The van der Waals surface area contributed by atoms with Gasteiger partial charge in [-0.2, -0.15) is 0 Å². The Balaban J connectivity index is 3.89. The van der Waals surface area contributed by atoms with Gasteiger partial charge in [-0.1, -0.05) is 372 Å². The first kappa shape index (κ1) is 79.6. The Bertz CT molecular complexity index is 1370. The fourth-order valence-electron chi connectivity index (χ4n) is 11.3. The monoisotopic (exact) mass is 1150 g/mol. The number of carbonyl (C=O) groups is 3. The van der Waals surface area contributed by atoms with E-state index in [0.29, 0.717) is 19.3 Å². The van der Waals surface area contributed by atoms with E-state index in [9.17, 15) is 14.4 Å². The maximum Gasteiger partial charge on any atom is 0.306 e. The Labute approximate surface area is 512 Å². The van der Waals surface area contributed by atoms with E-state index in [1.54, 1.807) is 0 Å². The van der Waals surface area contributed by atoms with Crippen LogP contribution in [0.1, 0.15) is 412 Å². The Hall–Kier alpha value is -2.37. The fraction of sp³-hybridized carbons (Fsp3) is 0.882. The lowest BCUT2D eigenvalue weighted by atomic mass is 10.0. The standard InChI is InChI=1S/C76H142O6/c1-4-7-10-13-15-17-19-21-23-25-27-29-31-33-35-36-37-38-39-40-41-43-44-46-48-50-52-54-56-58-60-63-66-69-75(78)81-72-73(71-80-74(77)68-65-62-12-9-6-3)82-76(79)70-67-64-61-59-57-55-53-51-49-47-45-42-34-32-30-28-26-24-22-20-18-16-14-11-8-5-2/h19,21,25,27,31,33,73H,4-18,20,22-24,26,28-30,32,34-72H2,1-3H3/b21-19-,27-25-,33-31-. The maximum atomic E-state index is 12.9. The van der Waals surface area contributed by atoms with E-state index >= 15 is 0 Å². The first-order chi connectivity index (χ1) is 40.5. The van der Waals surface area contributed by atoms with Gasteiger partial charge in [0, 0.05) is 19.3 Å². The third kappa shape index (κ3) is 68.4. The van der Waals surface area contributed by atoms with Gasteiger partial charge in [-0.3, -0.25) is 14.4 Å². The third-order valence-electron chi connectivity index (χ3n) is 16.9. The molecule has 6 nitrogen and oxygen atoms in total. The van der Waals surface area contributed by atoms with Crippen LogP contribution in [0.15, 0.2) is 36.5 Å². The maximum absolute atomic E-state index is 12.9. The van der Waals surface area contributed by atoms with Crippen molar-refractivity contribution in [2.45, 2.75) is 419 Å². The van der Waals surface area contributed by atoms with Crippen LogP contribution in [-0.2, 0) is 28.6 Å². The zero-order valence-electron chi connectivity index (χ0n) is 55.5. The summed E-state index contributed by atoms with van der Waals surface area (Å²) in [5.74, 6) is -0.851. The van der Waals surface area contributed by atoms with Crippen molar-refractivity contribution in [3.63, 3.8) is 0 Å². The molecule has 0 amide bonds. The number of hydrogen-bond acceptors (Lipinski definition) is 6. The van der Waals surface area contributed by atoms with E-state index < -0.39 is 6.10 Å². The van der Waals surface area contributed by atoms with Crippen molar-refractivity contribution in [1.82, 2.24) is 0 Å². The zero-order valence-corrected chi connectivity index (χ0v) is 55.5. The van der Waals surface area contributed by atoms with Crippen molar-refractivity contribution in [1.29, 1.82) is 0 Å². The first-order valence-corrected chi connectivity index (χ1v) is 37.0. The molecule has 0 aromatic rings. The second-order valence-electron chi connectivity index (χ2n) is 25.2. The van der Waals surface area contributed by atoms with Crippen LogP contribution in [0.25, 0.3) is 0 Å². The van der Waals surface area contributed by atoms with Crippen LogP contribution in [0.3, 0.4) is 0 Å². The van der Waals surface area contributed by atoms with Crippen LogP contribution in [0.2, 0.25) is 0 Å². The summed E-state index contributed by atoms with van der Waals surface area (Å²) in [7, 11) is 0. The van der Waals surface area contributed by atoms with Gasteiger partial charge in [0.1, 0.15) is 13.2 Å². The third-order valence-corrected chi connectivity index (χ3v) is 16.9. The van der Waals surface area contributed by atoms with Crippen LogP contribution in [0, 0.1) is 0 Å². The number of hydrogen-bond donors (Lipinski definition) is 0. The molecule has 0 heterocycles. The molecule has 0 N–H and O–H groups in total. The average molecular weight is 1150 g/mol. The summed E-state index contributed by atoms with van der Waals surface area (Å²) in [5.41, 5.74) is 0. The van der Waals surface area contributed by atoms with Gasteiger partial charge >= 0.3 is 17.9 Å². The Kier molecular flexibility index (Phi) is 69.1. The van der Waals surface area contributed by atoms with Gasteiger partial charge in [0.25, 0.3) is 0 Å². The number of allylic oxidation sites excluding steroid dienone is 6. The van der Waals surface area contributed by atoms with Crippen LogP contribution in [0.5, 0.6) is 0 Å². The van der Waals surface area contributed by atoms with Crippen molar-refractivity contribution in [2.75, 3.05) is 13.2 Å². The Morgan fingerprint density at radius 3 is 0.683 bits per heavy atom. The van der Waals surface area contributed by atoms with Crippen LogP contribution in [0.4, 0.5) is 0 Å². The minimum Gasteiger partial charge on any atom is -0.462 e. The molecule has 0 spiro atoms. The molecule has 1 unspecified atom stereocenters. The highest BCUT2D eigenvalue weighted by Gasteiger charge is 2.19. The molecule has 0 fully saturated rings. The lowest BCUT2D eigenvalue weighted by molar-refractivity contribution is -0.167. The van der Waals surface area contributed by atoms with Gasteiger partial charge < -0.3 is 14.2 Å². The molecule has 0 radical (unpaired) electrons. The Morgan fingerprint density at radius 2 is 0.439 bits per heavy atom. The summed E-state index contributed by atoms with van der Waals surface area (Å²) in [6.45, 7) is 6.62. The summed E-state index contributed by atoms with van der Waals surface area (Å²) in [4.78, 5) is 38.1. The number of ether oxygens (including phenoxy) is 3. The van der Waals surface area contributed by atoms with Crippen molar-refractivity contribution in [3.05, 3.63) is 36.5 Å². The van der Waals surface area contributed by atoms with Crippen molar-refractivity contribution >= 4 is 17.9 Å². The molecule has 0 aliphatic heterocycles. The molecule has 0 rings (SSSR count). The molecule has 482 valence electrons. The van der Waals surface area contributed by atoms with Crippen molar-refractivity contribution in [2.24, 2.45) is 0 Å². The SMILES string of the molecule is CCCCCCC/C=C\C/C=C\C/C=C\CCCCCCCCCCCCCCCCCCCCC(=O)OCC(COC(=O)CCCCCCC)OC(=O)CCCCCCCCCCCCCCCCCCCCCCCCCCCC. The van der Waals surface area contributed by atoms with E-state index in [2.05, 4.69) is 57.2 Å². The largest absolute Gasteiger partial charge is 0.462 e. The van der Waals surface area contributed by atoms with E-state index in [0.717, 1.165) is 77.0 Å². The molecule has 0 aliphatic rings. The van der Waals surface area contributed by atoms with Gasteiger partial charge in [0.2, 0.25) is 0 Å². The number of unbranched alkanes of at least 4 members (excludes halogenated alkanes) is 52. The average Bonchev–Trinajstić information content (AvgIpc) is 3.47. The topological polar surface area (TPSA) is 78.9 Å². The first-order valence-electron chi connectivity index (χ1n) is 37.0. The predicted molar refractivity (Wildman–Crippen MR) is 358 cm³/mol. The van der Waals surface area contributed by atoms with E-state index in [4.69, 9.17) is 14.2 Å². The van der Waals surface area contributed by atoms with E-state index in [-0.39, 0.29) is 31.1 Å². The molecule has 0 aromatic heterocycles. The van der Waals surface area contributed by atoms with E-state index in [1.807, 2.05) is 0 Å². The minimum atomic E-state index is -0.765. The summed E-state index contributed by atoms with van der Waals surface area (Å²) in [6.07, 6.45) is 89.7. The number of esters is 3. The summed E-state index contributed by atoms with van der Waals surface area (Å²) in [5, 5.41) is 0. The zero-order chi connectivity index (χ0) is 59.2. The normalized spacial score (nSPS) is 12.2. The fourth-order valence-corrected chi connectivity index (χ4v) is 11.3. The molecule has 0 saturated carbocycles. The van der Waals surface area contributed by atoms with Gasteiger partial charge in [-0.25, -0.2) is 0 Å². The summed E-state index contributed by atoms with van der Waals surface area (Å²) < 4.78 is 16.8. The van der Waals surface area contributed by atoms with Gasteiger partial charge in [-0.15, -0.1) is 0 Å². The molecule has 0 aliphatic carbocycles. The second kappa shape index (κ2) is 71.1. The van der Waals surface area contributed by atoms with E-state index in [1.165, 1.54) is 295 Å². The number of carbonyl (C=O) groups excluding carboxylic acids is 3. The van der Waals surface area contributed by atoms with Crippen LogP contribution in [-0.4, -0.2) is 37.2 Å².